The second-order valence-corrected chi connectivity index (χ2v) is 4.82. The second kappa shape index (κ2) is 7.68. The Morgan fingerprint density at radius 2 is 1.89 bits per heavy atom. The van der Waals surface area contributed by atoms with Crippen LogP contribution < -0.4 is 5.32 Å². The van der Waals surface area contributed by atoms with E-state index in [1.165, 1.54) is 0 Å². The number of carbonyl (C=O) groups is 1. The first kappa shape index (κ1) is 18.2. The Bertz CT molecular complexity index is 418. The molecule has 1 aliphatic heterocycles. The number of nitrogens with one attached hydrogen (secondary N) is 1. The summed E-state index contributed by atoms with van der Waals surface area (Å²) in [5, 5.41) is 3.42. The highest BCUT2D eigenvalue weighted by Crippen LogP contribution is 2.12. The number of amides is 1. The van der Waals surface area contributed by atoms with Gasteiger partial charge in [-0.15, -0.1) is 24.8 Å². The molecular weight excluding hydrogens is 285 g/mol. The minimum atomic E-state index is 0. The number of pyridine rings is 1. The Kier molecular flexibility index (Phi) is 7.34. The molecule has 1 aromatic heterocycles. The van der Waals surface area contributed by atoms with Crippen molar-refractivity contribution in [3.8, 4) is 0 Å². The third-order valence-corrected chi connectivity index (χ3v) is 3.08. The van der Waals surface area contributed by atoms with Crippen LogP contribution in [0.15, 0.2) is 18.3 Å². The van der Waals surface area contributed by atoms with Crippen molar-refractivity contribution >= 4 is 30.7 Å². The molecule has 0 spiro atoms. The van der Waals surface area contributed by atoms with Crippen molar-refractivity contribution in [2.24, 2.45) is 0 Å². The molecule has 1 saturated heterocycles. The third kappa shape index (κ3) is 4.34. The molecule has 1 aliphatic rings. The van der Waals surface area contributed by atoms with Crippen LogP contribution in [0.4, 0.5) is 0 Å². The van der Waals surface area contributed by atoms with Crippen molar-refractivity contribution in [3.05, 3.63) is 29.6 Å². The average molecular weight is 306 g/mol. The SMILES string of the molecule is Cc1ncccc1C(=O)N1CC(C)NC(C)C1.Cl.Cl. The van der Waals surface area contributed by atoms with Crippen LogP contribution in [-0.2, 0) is 0 Å². The van der Waals surface area contributed by atoms with Gasteiger partial charge < -0.3 is 10.2 Å². The summed E-state index contributed by atoms with van der Waals surface area (Å²) in [6, 6.07) is 4.36. The normalized spacial score (nSPS) is 22.2. The smallest absolute Gasteiger partial charge is 0.255 e. The van der Waals surface area contributed by atoms with Gasteiger partial charge in [0, 0.05) is 37.1 Å². The molecule has 0 saturated carbocycles. The molecule has 19 heavy (non-hydrogen) atoms. The summed E-state index contributed by atoms with van der Waals surface area (Å²) in [5.74, 6) is 0.0933. The molecule has 0 bridgehead atoms. The van der Waals surface area contributed by atoms with Crippen LogP contribution in [0, 0.1) is 6.92 Å². The number of aromatic nitrogens is 1. The lowest BCUT2D eigenvalue weighted by Crippen LogP contribution is -2.55. The quantitative estimate of drug-likeness (QED) is 0.864. The minimum absolute atomic E-state index is 0. The summed E-state index contributed by atoms with van der Waals surface area (Å²) in [6.07, 6.45) is 1.72. The molecule has 1 fully saturated rings. The van der Waals surface area contributed by atoms with Gasteiger partial charge in [0.15, 0.2) is 0 Å². The van der Waals surface area contributed by atoms with Crippen LogP contribution in [0.5, 0.6) is 0 Å². The fourth-order valence-corrected chi connectivity index (χ4v) is 2.37. The van der Waals surface area contributed by atoms with Crippen molar-refractivity contribution in [1.82, 2.24) is 15.2 Å². The molecule has 2 unspecified atom stereocenters. The van der Waals surface area contributed by atoms with Gasteiger partial charge in [-0.05, 0) is 32.9 Å². The topological polar surface area (TPSA) is 45.2 Å². The van der Waals surface area contributed by atoms with Gasteiger partial charge in [0.2, 0.25) is 0 Å². The van der Waals surface area contributed by atoms with E-state index in [1.54, 1.807) is 6.20 Å². The zero-order valence-electron chi connectivity index (χ0n) is 11.4. The molecule has 4 nitrogen and oxygen atoms in total. The molecule has 0 aliphatic carbocycles. The monoisotopic (exact) mass is 305 g/mol. The summed E-state index contributed by atoms with van der Waals surface area (Å²) in [7, 11) is 0. The number of aryl methyl sites for hydroxylation is 1. The highest BCUT2D eigenvalue weighted by atomic mass is 35.5. The first-order chi connectivity index (χ1) is 8.08. The third-order valence-electron chi connectivity index (χ3n) is 3.08. The van der Waals surface area contributed by atoms with Crippen molar-refractivity contribution in [2.75, 3.05) is 13.1 Å². The van der Waals surface area contributed by atoms with E-state index in [2.05, 4.69) is 24.1 Å². The van der Waals surface area contributed by atoms with Gasteiger partial charge in [-0.25, -0.2) is 0 Å². The lowest BCUT2D eigenvalue weighted by atomic mass is 10.1. The van der Waals surface area contributed by atoms with E-state index in [0.29, 0.717) is 17.6 Å². The van der Waals surface area contributed by atoms with Crippen LogP contribution in [0.25, 0.3) is 0 Å². The second-order valence-electron chi connectivity index (χ2n) is 4.82. The largest absolute Gasteiger partial charge is 0.335 e. The van der Waals surface area contributed by atoms with Crippen LogP contribution in [0.3, 0.4) is 0 Å². The molecule has 2 rings (SSSR count). The molecule has 2 heterocycles. The van der Waals surface area contributed by atoms with E-state index < -0.39 is 0 Å². The molecule has 1 amide bonds. The summed E-state index contributed by atoms with van der Waals surface area (Å²) in [6.45, 7) is 7.61. The maximum atomic E-state index is 12.4. The Hall–Kier alpha value is -0.840. The highest BCUT2D eigenvalue weighted by molar-refractivity contribution is 5.95. The number of halogens is 2. The number of hydrogen-bond donors (Lipinski definition) is 1. The fraction of sp³-hybridized carbons (Fsp3) is 0.538. The first-order valence-electron chi connectivity index (χ1n) is 6.05. The van der Waals surface area contributed by atoms with E-state index in [4.69, 9.17) is 0 Å². The van der Waals surface area contributed by atoms with Crippen molar-refractivity contribution in [1.29, 1.82) is 0 Å². The van der Waals surface area contributed by atoms with Gasteiger partial charge >= 0.3 is 0 Å². The van der Waals surface area contributed by atoms with Gasteiger partial charge in [0.1, 0.15) is 0 Å². The van der Waals surface area contributed by atoms with Crippen molar-refractivity contribution in [3.63, 3.8) is 0 Å². The van der Waals surface area contributed by atoms with Crippen LogP contribution in [0.2, 0.25) is 0 Å². The highest BCUT2D eigenvalue weighted by Gasteiger charge is 2.26. The van der Waals surface area contributed by atoms with Crippen molar-refractivity contribution in [2.45, 2.75) is 32.9 Å². The Labute approximate surface area is 126 Å². The van der Waals surface area contributed by atoms with Crippen LogP contribution in [0.1, 0.15) is 29.9 Å². The zero-order valence-corrected chi connectivity index (χ0v) is 13.1. The van der Waals surface area contributed by atoms with Crippen LogP contribution in [-0.4, -0.2) is 41.0 Å². The molecule has 108 valence electrons. The number of carbonyl (C=O) groups excluding carboxylic acids is 1. The van der Waals surface area contributed by atoms with Gasteiger partial charge in [-0.3, -0.25) is 9.78 Å². The summed E-state index contributed by atoms with van der Waals surface area (Å²) in [5.41, 5.74) is 1.52. The standard InChI is InChI=1S/C13H19N3O.2ClH/c1-9-7-16(8-10(2)15-9)13(17)12-5-4-6-14-11(12)3;;/h4-6,9-10,15H,7-8H2,1-3H3;2*1H. The maximum absolute atomic E-state index is 12.4. The molecular formula is C13H21Cl2N3O. The average Bonchev–Trinajstić information content (AvgIpc) is 2.27. The van der Waals surface area contributed by atoms with Gasteiger partial charge in [0.25, 0.3) is 5.91 Å². The van der Waals surface area contributed by atoms with E-state index >= 15 is 0 Å². The lowest BCUT2D eigenvalue weighted by molar-refractivity contribution is 0.0672. The molecule has 6 heteroatoms. The number of nitrogens with zero attached hydrogens (tertiary/aromatic N) is 2. The van der Waals surface area contributed by atoms with Crippen molar-refractivity contribution < 1.29 is 4.79 Å². The van der Waals surface area contributed by atoms with E-state index in [0.717, 1.165) is 18.8 Å². The summed E-state index contributed by atoms with van der Waals surface area (Å²) < 4.78 is 0. The Morgan fingerprint density at radius 1 is 1.32 bits per heavy atom. The molecule has 1 aromatic rings. The van der Waals surface area contributed by atoms with Crippen LogP contribution >= 0.6 is 24.8 Å². The van der Waals surface area contributed by atoms with Gasteiger partial charge in [-0.2, -0.15) is 0 Å². The molecule has 1 N–H and O–H groups in total. The minimum Gasteiger partial charge on any atom is -0.335 e. The first-order valence-corrected chi connectivity index (χ1v) is 6.05. The predicted molar refractivity (Wildman–Crippen MR) is 81.4 cm³/mol. The summed E-state index contributed by atoms with van der Waals surface area (Å²) in [4.78, 5) is 18.5. The number of hydrogen-bond acceptors (Lipinski definition) is 3. The Balaban J connectivity index is 0.00000162. The number of piperazine rings is 1. The maximum Gasteiger partial charge on any atom is 0.255 e. The van der Waals surface area contributed by atoms with Gasteiger partial charge in [0.05, 0.1) is 5.56 Å². The number of rotatable bonds is 1. The van der Waals surface area contributed by atoms with Gasteiger partial charge in [-0.1, -0.05) is 0 Å². The molecule has 0 radical (unpaired) electrons. The lowest BCUT2D eigenvalue weighted by Gasteiger charge is -2.36. The molecule has 2 atom stereocenters. The zero-order chi connectivity index (χ0) is 12.4. The van der Waals surface area contributed by atoms with E-state index in [9.17, 15) is 4.79 Å². The predicted octanol–water partition coefficient (Wildman–Crippen LogP) is 2.06. The Morgan fingerprint density at radius 3 is 2.42 bits per heavy atom. The summed E-state index contributed by atoms with van der Waals surface area (Å²) >= 11 is 0. The van der Waals surface area contributed by atoms with E-state index in [-0.39, 0.29) is 30.7 Å². The van der Waals surface area contributed by atoms with E-state index in [1.807, 2.05) is 24.0 Å². The fourth-order valence-electron chi connectivity index (χ4n) is 2.37. The molecule has 0 aromatic carbocycles.